The predicted molar refractivity (Wildman–Crippen MR) is 67.0 cm³/mol. The highest BCUT2D eigenvalue weighted by Crippen LogP contribution is 2.27. The molecule has 0 bridgehead atoms. The summed E-state index contributed by atoms with van der Waals surface area (Å²) in [6.07, 6.45) is 4.17. The average Bonchev–Trinajstić information content (AvgIpc) is 2.85. The van der Waals surface area contributed by atoms with Crippen LogP contribution in [0.1, 0.15) is 19.5 Å². The van der Waals surface area contributed by atoms with E-state index in [9.17, 15) is 4.79 Å². The third-order valence-corrected chi connectivity index (χ3v) is 3.54. The van der Waals surface area contributed by atoms with Crippen LogP contribution in [0.3, 0.4) is 0 Å². The Hall–Kier alpha value is -1.62. The Kier molecular flexibility index (Phi) is 3.02. The van der Waals surface area contributed by atoms with Crippen LogP contribution >= 0.6 is 11.3 Å². The van der Waals surface area contributed by atoms with E-state index in [1.807, 2.05) is 23.8 Å². The Morgan fingerprint density at radius 3 is 2.94 bits per heavy atom. The number of nitrogens with one attached hydrogen (secondary N) is 1. The number of rotatable bonds is 4. The molecule has 0 amide bonds. The van der Waals surface area contributed by atoms with Gasteiger partial charge in [0.15, 0.2) is 0 Å². The van der Waals surface area contributed by atoms with Crippen molar-refractivity contribution in [1.82, 2.24) is 9.97 Å². The quantitative estimate of drug-likeness (QED) is 0.876. The van der Waals surface area contributed by atoms with Crippen molar-refractivity contribution >= 4 is 17.3 Å². The molecule has 2 heterocycles. The largest absolute Gasteiger partial charge is 0.481 e. The van der Waals surface area contributed by atoms with Gasteiger partial charge in [-0.05, 0) is 19.9 Å². The second kappa shape index (κ2) is 4.33. The minimum absolute atomic E-state index is 0.448. The van der Waals surface area contributed by atoms with E-state index in [2.05, 4.69) is 9.97 Å². The molecule has 0 radical (unpaired) electrons. The molecule has 0 fully saturated rings. The van der Waals surface area contributed by atoms with Crippen molar-refractivity contribution in [3.63, 3.8) is 0 Å². The Balaban J connectivity index is 2.17. The van der Waals surface area contributed by atoms with E-state index in [1.54, 1.807) is 13.8 Å². The standard InChI is InChI=1S/C12H14N2O2S/c1-12(2,11(15)16)5-9-7-17-10(14-9)8-3-4-13-6-8/h3-4,6-7,13H,5H2,1-2H3,(H,15,16). The van der Waals surface area contributed by atoms with Gasteiger partial charge in [-0.3, -0.25) is 4.79 Å². The van der Waals surface area contributed by atoms with Gasteiger partial charge in [-0.1, -0.05) is 0 Å². The van der Waals surface area contributed by atoms with Crippen LogP contribution in [0.5, 0.6) is 0 Å². The van der Waals surface area contributed by atoms with Crippen molar-refractivity contribution in [2.45, 2.75) is 20.3 Å². The third-order valence-electron chi connectivity index (χ3n) is 2.60. The van der Waals surface area contributed by atoms with E-state index in [0.29, 0.717) is 6.42 Å². The summed E-state index contributed by atoms with van der Waals surface area (Å²) in [6.45, 7) is 3.43. The highest BCUT2D eigenvalue weighted by molar-refractivity contribution is 7.13. The van der Waals surface area contributed by atoms with Crippen molar-refractivity contribution in [3.8, 4) is 10.6 Å². The van der Waals surface area contributed by atoms with Gasteiger partial charge in [0.25, 0.3) is 0 Å². The van der Waals surface area contributed by atoms with Crippen LogP contribution in [0.15, 0.2) is 23.8 Å². The lowest BCUT2D eigenvalue weighted by Gasteiger charge is -2.16. The van der Waals surface area contributed by atoms with E-state index >= 15 is 0 Å². The maximum atomic E-state index is 11.0. The van der Waals surface area contributed by atoms with Crippen LogP contribution in [-0.4, -0.2) is 21.0 Å². The molecule has 2 N–H and O–H groups in total. The van der Waals surface area contributed by atoms with Gasteiger partial charge in [-0.15, -0.1) is 11.3 Å². The molecule has 0 spiro atoms. The fourth-order valence-electron chi connectivity index (χ4n) is 1.51. The van der Waals surface area contributed by atoms with Crippen molar-refractivity contribution in [1.29, 1.82) is 0 Å². The average molecular weight is 250 g/mol. The summed E-state index contributed by atoms with van der Waals surface area (Å²) >= 11 is 1.54. The molecular formula is C12H14N2O2S. The smallest absolute Gasteiger partial charge is 0.309 e. The molecule has 0 aliphatic rings. The van der Waals surface area contributed by atoms with Gasteiger partial charge in [0.1, 0.15) is 5.01 Å². The maximum Gasteiger partial charge on any atom is 0.309 e. The van der Waals surface area contributed by atoms with Crippen molar-refractivity contribution < 1.29 is 9.90 Å². The Bertz CT molecular complexity index is 514. The van der Waals surface area contributed by atoms with Crippen molar-refractivity contribution in [2.75, 3.05) is 0 Å². The van der Waals surface area contributed by atoms with E-state index in [1.165, 1.54) is 11.3 Å². The van der Waals surface area contributed by atoms with Gasteiger partial charge in [0.05, 0.1) is 11.1 Å². The van der Waals surface area contributed by atoms with Gasteiger partial charge < -0.3 is 10.1 Å². The summed E-state index contributed by atoms with van der Waals surface area (Å²) < 4.78 is 0. The summed E-state index contributed by atoms with van der Waals surface area (Å²) in [5, 5.41) is 11.9. The van der Waals surface area contributed by atoms with Crippen LogP contribution in [0.2, 0.25) is 0 Å². The number of carbonyl (C=O) groups is 1. The lowest BCUT2D eigenvalue weighted by molar-refractivity contribution is -0.146. The molecule has 2 aromatic rings. The van der Waals surface area contributed by atoms with E-state index in [-0.39, 0.29) is 0 Å². The van der Waals surface area contributed by atoms with E-state index in [0.717, 1.165) is 16.3 Å². The lowest BCUT2D eigenvalue weighted by atomic mass is 9.88. The van der Waals surface area contributed by atoms with Gasteiger partial charge in [0.2, 0.25) is 0 Å². The second-order valence-corrected chi connectivity index (χ2v) is 5.47. The number of H-pyrrole nitrogens is 1. The minimum atomic E-state index is -0.798. The Morgan fingerprint density at radius 1 is 1.59 bits per heavy atom. The molecule has 4 nitrogen and oxygen atoms in total. The second-order valence-electron chi connectivity index (χ2n) is 4.61. The van der Waals surface area contributed by atoms with Crippen LogP contribution in [0.25, 0.3) is 10.6 Å². The summed E-state index contributed by atoms with van der Waals surface area (Å²) in [4.78, 5) is 18.5. The number of hydrogen-bond acceptors (Lipinski definition) is 3. The molecule has 90 valence electrons. The summed E-state index contributed by atoms with van der Waals surface area (Å²) in [7, 11) is 0. The first kappa shape index (κ1) is 11.9. The van der Waals surface area contributed by atoms with Crippen molar-refractivity contribution in [2.24, 2.45) is 5.41 Å². The topological polar surface area (TPSA) is 66.0 Å². The van der Waals surface area contributed by atoms with Gasteiger partial charge in [-0.25, -0.2) is 4.98 Å². The Morgan fingerprint density at radius 2 is 2.35 bits per heavy atom. The zero-order chi connectivity index (χ0) is 12.5. The summed E-state index contributed by atoms with van der Waals surface area (Å²) in [5.74, 6) is -0.798. The molecule has 17 heavy (non-hydrogen) atoms. The Labute approximate surface area is 103 Å². The first-order valence-corrected chi connectivity index (χ1v) is 6.18. The highest BCUT2D eigenvalue weighted by Gasteiger charge is 2.28. The molecule has 0 atom stereocenters. The zero-order valence-electron chi connectivity index (χ0n) is 9.73. The molecule has 2 rings (SSSR count). The van der Waals surface area contributed by atoms with Crippen molar-refractivity contribution in [3.05, 3.63) is 29.5 Å². The first-order chi connectivity index (χ1) is 7.99. The number of aromatic nitrogens is 2. The van der Waals surface area contributed by atoms with Gasteiger partial charge in [0, 0.05) is 29.8 Å². The van der Waals surface area contributed by atoms with Gasteiger partial charge >= 0.3 is 5.97 Å². The number of nitrogens with zero attached hydrogens (tertiary/aromatic N) is 1. The predicted octanol–water partition coefficient (Wildman–Crippen LogP) is 2.79. The molecule has 5 heteroatoms. The van der Waals surface area contributed by atoms with Gasteiger partial charge in [-0.2, -0.15) is 0 Å². The fraction of sp³-hybridized carbons (Fsp3) is 0.333. The number of thiazole rings is 1. The van der Waals surface area contributed by atoms with Crippen LogP contribution < -0.4 is 0 Å². The van der Waals surface area contributed by atoms with E-state index in [4.69, 9.17) is 5.11 Å². The first-order valence-electron chi connectivity index (χ1n) is 5.30. The molecule has 0 saturated heterocycles. The SMILES string of the molecule is CC(C)(Cc1csc(-c2cc[nH]c2)n1)C(=O)O. The minimum Gasteiger partial charge on any atom is -0.481 e. The number of aromatic amines is 1. The van der Waals surface area contributed by atoms with Crippen LogP contribution in [-0.2, 0) is 11.2 Å². The fourth-order valence-corrected chi connectivity index (χ4v) is 2.32. The summed E-state index contributed by atoms with van der Waals surface area (Å²) in [6, 6.07) is 1.95. The van der Waals surface area contributed by atoms with Crippen LogP contribution in [0, 0.1) is 5.41 Å². The summed E-state index contributed by atoms with van der Waals surface area (Å²) in [5.41, 5.74) is 1.09. The molecular weight excluding hydrogens is 236 g/mol. The molecule has 0 saturated carbocycles. The highest BCUT2D eigenvalue weighted by atomic mass is 32.1. The normalized spacial score (nSPS) is 11.6. The molecule has 0 aliphatic carbocycles. The molecule has 2 aromatic heterocycles. The number of carboxylic acid groups (broad SMARTS) is 1. The van der Waals surface area contributed by atoms with E-state index < -0.39 is 11.4 Å². The number of hydrogen-bond donors (Lipinski definition) is 2. The zero-order valence-corrected chi connectivity index (χ0v) is 10.5. The monoisotopic (exact) mass is 250 g/mol. The lowest BCUT2D eigenvalue weighted by Crippen LogP contribution is -2.26. The maximum absolute atomic E-state index is 11.0. The molecule has 0 aliphatic heterocycles. The number of aliphatic carboxylic acids is 1. The van der Waals surface area contributed by atoms with Crippen LogP contribution in [0.4, 0.5) is 0 Å². The number of carboxylic acids is 1. The molecule has 0 unspecified atom stereocenters. The third kappa shape index (κ3) is 2.55. The molecule has 0 aromatic carbocycles.